The van der Waals surface area contributed by atoms with Crippen LogP contribution in [0, 0.1) is 0 Å². The van der Waals surface area contributed by atoms with Crippen molar-refractivity contribution >= 4 is 0 Å². The van der Waals surface area contributed by atoms with Gasteiger partial charge in [0.1, 0.15) is 0 Å². The maximum atomic E-state index is 4.69. The molecule has 0 aromatic rings. The molecule has 0 aromatic heterocycles. The Balaban J connectivity index is 3.69. The quantitative estimate of drug-likeness (QED) is 0.438. The topological polar surface area (TPSA) is 47.3 Å². The third-order valence-corrected chi connectivity index (χ3v) is 1.02. The first-order chi connectivity index (χ1) is 4.18. The molecule has 3 heteroatoms. The molecular formula is C6H12N2O. The molecule has 0 atom stereocenters. The molecule has 0 unspecified atom stereocenters. The van der Waals surface area contributed by atoms with Gasteiger partial charge in [0.2, 0.25) is 0 Å². The van der Waals surface area contributed by atoms with E-state index < -0.39 is 0 Å². The minimum atomic E-state index is 0.986. The van der Waals surface area contributed by atoms with Gasteiger partial charge >= 0.3 is 0 Å². The molecule has 0 aliphatic rings. The highest BCUT2D eigenvalue weighted by atomic mass is 16.8. The summed E-state index contributed by atoms with van der Waals surface area (Å²) in [5.41, 5.74) is 4.38. The van der Waals surface area contributed by atoms with Gasteiger partial charge in [-0.05, 0) is 19.4 Å². The van der Waals surface area contributed by atoms with Gasteiger partial charge in [0, 0.05) is 6.20 Å². The first-order valence-corrected chi connectivity index (χ1v) is 2.62. The van der Waals surface area contributed by atoms with E-state index in [2.05, 4.69) is 17.0 Å². The monoisotopic (exact) mass is 128 g/mol. The highest BCUT2D eigenvalue weighted by Gasteiger charge is 1.85. The molecule has 0 aliphatic heterocycles. The van der Waals surface area contributed by atoms with Gasteiger partial charge in [-0.15, -0.1) is 0 Å². The molecule has 0 aromatic carbocycles. The molecule has 0 fully saturated rings. The summed E-state index contributed by atoms with van der Waals surface area (Å²) < 4.78 is 0. The van der Waals surface area contributed by atoms with Gasteiger partial charge in [-0.1, -0.05) is 12.2 Å². The number of hydrogen-bond acceptors (Lipinski definition) is 3. The molecular weight excluding hydrogens is 116 g/mol. The van der Waals surface area contributed by atoms with E-state index >= 15 is 0 Å². The van der Waals surface area contributed by atoms with E-state index in [1.165, 1.54) is 0 Å². The van der Waals surface area contributed by atoms with Crippen molar-refractivity contribution in [2.45, 2.75) is 13.8 Å². The van der Waals surface area contributed by atoms with Crippen molar-refractivity contribution in [2.24, 2.45) is 5.90 Å². The molecule has 0 rings (SSSR count). The highest BCUT2D eigenvalue weighted by molar-refractivity contribution is 5.22. The van der Waals surface area contributed by atoms with Gasteiger partial charge in [0.15, 0.2) is 0 Å². The molecule has 0 amide bonds. The van der Waals surface area contributed by atoms with Gasteiger partial charge in [0.25, 0.3) is 0 Å². The normalized spacial score (nSPS) is 11.2. The molecule has 0 saturated carbocycles. The van der Waals surface area contributed by atoms with Crippen LogP contribution in [0.3, 0.4) is 0 Å². The van der Waals surface area contributed by atoms with Crippen LogP contribution in [0.25, 0.3) is 0 Å². The smallest absolute Gasteiger partial charge is 0.0293 e. The average molecular weight is 128 g/mol. The molecule has 3 nitrogen and oxygen atoms in total. The predicted molar refractivity (Wildman–Crippen MR) is 37.0 cm³/mol. The van der Waals surface area contributed by atoms with E-state index in [0.717, 1.165) is 11.1 Å². The van der Waals surface area contributed by atoms with Crippen molar-refractivity contribution < 1.29 is 4.94 Å². The third-order valence-electron chi connectivity index (χ3n) is 1.02. The fourth-order valence-corrected chi connectivity index (χ4v) is 0.246. The van der Waals surface area contributed by atoms with Crippen LogP contribution >= 0.6 is 0 Å². The van der Waals surface area contributed by atoms with Crippen molar-refractivity contribution in [3.63, 3.8) is 0 Å². The van der Waals surface area contributed by atoms with E-state index in [1.807, 2.05) is 13.8 Å². The van der Waals surface area contributed by atoms with Crippen LogP contribution in [-0.2, 0) is 4.94 Å². The Kier molecular flexibility index (Phi) is 3.75. The van der Waals surface area contributed by atoms with Gasteiger partial charge in [0.05, 0.1) is 0 Å². The number of nitrogens with two attached hydrogens (primary N) is 1. The van der Waals surface area contributed by atoms with Crippen LogP contribution in [0.15, 0.2) is 23.9 Å². The molecule has 52 valence electrons. The summed E-state index contributed by atoms with van der Waals surface area (Å²) in [7, 11) is 0. The van der Waals surface area contributed by atoms with Crippen LogP contribution in [0.4, 0.5) is 0 Å². The Bertz CT molecular complexity index is 129. The second kappa shape index (κ2) is 4.12. The number of rotatable bonds is 3. The van der Waals surface area contributed by atoms with E-state index in [9.17, 15) is 0 Å². The molecule has 9 heavy (non-hydrogen) atoms. The van der Waals surface area contributed by atoms with Gasteiger partial charge in [-0.25, -0.2) is 0 Å². The van der Waals surface area contributed by atoms with Crippen LogP contribution < -0.4 is 11.4 Å². The summed E-state index contributed by atoms with van der Waals surface area (Å²) in [4.78, 5) is 4.10. The second-order valence-corrected chi connectivity index (χ2v) is 1.84. The summed E-state index contributed by atoms with van der Waals surface area (Å²) in [6, 6.07) is 0. The number of hydroxylamine groups is 1. The average Bonchev–Trinajstić information content (AvgIpc) is 1.82. The van der Waals surface area contributed by atoms with Crippen LogP contribution in [0.1, 0.15) is 13.8 Å². The van der Waals surface area contributed by atoms with Gasteiger partial charge in [-0.2, -0.15) is 10.8 Å². The molecule has 0 heterocycles. The van der Waals surface area contributed by atoms with Crippen LogP contribution in [0.2, 0.25) is 0 Å². The first-order valence-electron chi connectivity index (χ1n) is 2.62. The Morgan fingerprint density at radius 2 is 2.22 bits per heavy atom. The predicted octanol–water partition coefficient (Wildman–Crippen LogP) is 0.861. The summed E-state index contributed by atoms with van der Waals surface area (Å²) in [5.74, 6) is 4.69. The lowest BCUT2D eigenvalue weighted by Gasteiger charge is -1.98. The lowest BCUT2D eigenvalue weighted by molar-refractivity contribution is 0.0717. The van der Waals surface area contributed by atoms with E-state index in [1.54, 1.807) is 6.20 Å². The van der Waals surface area contributed by atoms with Crippen molar-refractivity contribution in [3.8, 4) is 0 Å². The maximum Gasteiger partial charge on any atom is 0.0293 e. The minimum Gasteiger partial charge on any atom is -0.255 e. The Morgan fingerprint density at radius 1 is 1.67 bits per heavy atom. The Morgan fingerprint density at radius 3 is 2.56 bits per heavy atom. The maximum absolute atomic E-state index is 4.69. The molecule has 0 bridgehead atoms. The lowest BCUT2D eigenvalue weighted by Crippen LogP contribution is -2.12. The highest BCUT2D eigenvalue weighted by Crippen LogP contribution is 2.01. The minimum absolute atomic E-state index is 0.986. The molecule has 0 saturated heterocycles. The first kappa shape index (κ1) is 8.20. The number of nitrogens with one attached hydrogen (secondary N) is 1. The number of hydrogen-bond donors (Lipinski definition) is 2. The largest absolute Gasteiger partial charge is 0.255 e. The zero-order valence-corrected chi connectivity index (χ0v) is 5.77. The molecule has 0 aliphatic carbocycles. The number of allylic oxidation sites excluding steroid dienone is 2. The fraction of sp³-hybridized carbons (Fsp3) is 0.333. The second-order valence-electron chi connectivity index (χ2n) is 1.84. The summed E-state index contributed by atoms with van der Waals surface area (Å²) >= 11 is 0. The van der Waals surface area contributed by atoms with Crippen LogP contribution in [-0.4, -0.2) is 0 Å². The van der Waals surface area contributed by atoms with Gasteiger partial charge < -0.3 is 0 Å². The Hall–Kier alpha value is -0.800. The van der Waals surface area contributed by atoms with E-state index in [4.69, 9.17) is 5.90 Å². The zero-order chi connectivity index (χ0) is 7.28. The van der Waals surface area contributed by atoms with Crippen molar-refractivity contribution in [1.29, 1.82) is 0 Å². The fourth-order valence-electron chi connectivity index (χ4n) is 0.246. The standard InChI is InChI=1S/C6H12N2O/c1-5(2)6(3)4-8-9-7/h4,8H,1,7H2,2-3H3/b6-4-. The SMILES string of the molecule is C=C(C)/C(C)=C\NON. The molecule has 0 spiro atoms. The van der Waals surface area contributed by atoms with E-state index in [-0.39, 0.29) is 0 Å². The van der Waals surface area contributed by atoms with Crippen LogP contribution in [0.5, 0.6) is 0 Å². The summed E-state index contributed by atoms with van der Waals surface area (Å²) in [6.45, 7) is 7.52. The van der Waals surface area contributed by atoms with Crippen molar-refractivity contribution in [3.05, 3.63) is 23.9 Å². The Labute approximate surface area is 55.1 Å². The summed E-state index contributed by atoms with van der Waals surface area (Å²) in [5, 5.41) is 0. The molecule has 0 radical (unpaired) electrons. The molecule has 3 N–H and O–H groups in total. The van der Waals surface area contributed by atoms with Crippen molar-refractivity contribution in [1.82, 2.24) is 5.48 Å². The van der Waals surface area contributed by atoms with Gasteiger partial charge in [-0.3, -0.25) is 5.48 Å². The van der Waals surface area contributed by atoms with E-state index in [0.29, 0.717) is 0 Å². The third kappa shape index (κ3) is 3.76. The lowest BCUT2D eigenvalue weighted by atomic mass is 10.2. The summed E-state index contributed by atoms with van der Waals surface area (Å²) in [6.07, 6.45) is 1.64. The zero-order valence-electron chi connectivity index (χ0n) is 5.77. The van der Waals surface area contributed by atoms with Crippen molar-refractivity contribution in [2.75, 3.05) is 0 Å².